The van der Waals surface area contributed by atoms with Crippen molar-refractivity contribution in [2.75, 3.05) is 5.33 Å². The van der Waals surface area contributed by atoms with E-state index in [2.05, 4.69) is 47.0 Å². The lowest BCUT2D eigenvalue weighted by molar-refractivity contribution is 1.08. The van der Waals surface area contributed by atoms with Gasteiger partial charge in [-0.15, -0.1) is 13.2 Å². The molecule has 0 N–H and O–H groups in total. The van der Waals surface area contributed by atoms with E-state index in [1.54, 1.807) is 0 Å². The molecule has 0 aliphatic carbocycles. The molecule has 58 valence electrons. The van der Waals surface area contributed by atoms with Gasteiger partial charge in [-0.3, -0.25) is 0 Å². The van der Waals surface area contributed by atoms with Crippen molar-refractivity contribution in [3.8, 4) is 0 Å². The van der Waals surface area contributed by atoms with Crippen LogP contribution in [0.1, 0.15) is 6.42 Å². The maximum Gasteiger partial charge on any atom is 0.0973 e. The average molecular weight is 219 g/mol. The molecule has 0 saturated heterocycles. The van der Waals surface area contributed by atoms with Crippen molar-refractivity contribution in [3.63, 3.8) is 0 Å². The molecule has 0 atom stereocenters. The van der Waals surface area contributed by atoms with E-state index in [9.17, 15) is 0 Å². The van der Waals surface area contributed by atoms with E-state index in [1.165, 1.54) is 12.5 Å². The van der Waals surface area contributed by atoms with Gasteiger partial charge in [-0.1, -0.05) is 33.9 Å². The number of hydrogen-bond donors (Lipinski definition) is 0. The van der Waals surface area contributed by atoms with Gasteiger partial charge in [-0.25, -0.2) is 0 Å². The molecule has 0 aliphatic rings. The van der Waals surface area contributed by atoms with Crippen LogP contribution >= 0.6 is 15.9 Å². The quantitative estimate of drug-likeness (QED) is 0.491. The molecule has 0 unspecified atom stereocenters. The minimum atomic E-state index is -1.22. The van der Waals surface area contributed by atoms with Gasteiger partial charge in [0, 0.05) is 5.33 Å². The number of rotatable bonds is 5. The molecule has 0 aliphatic heterocycles. The SMILES string of the molecule is C=C[Si](C)(C=C)CCCBr. The Labute approximate surface area is 73.2 Å². The third-order valence-electron chi connectivity index (χ3n) is 1.78. The molecule has 0 heterocycles. The topological polar surface area (TPSA) is 0 Å². The zero-order valence-electron chi connectivity index (χ0n) is 6.57. The predicted octanol–water partition coefficient (Wildman–Crippen LogP) is 3.30. The van der Waals surface area contributed by atoms with Crippen LogP contribution in [0.4, 0.5) is 0 Å². The molecular formula is C8H15BrSi. The molecule has 0 aromatic carbocycles. The highest BCUT2D eigenvalue weighted by Crippen LogP contribution is 2.14. The Morgan fingerprint density at radius 2 is 1.90 bits per heavy atom. The lowest BCUT2D eigenvalue weighted by Gasteiger charge is -2.16. The molecule has 0 aromatic rings. The first-order valence-electron chi connectivity index (χ1n) is 3.51. The number of halogens is 1. The predicted molar refractivity (Wildman–Crippen MR) is 55.2 cm³/mol. The molecule has 10 heavy (non-hydrogen) atoms. The molecule has 0 fully saturated rings. The highest BCUT2D eigenvalue weighted by atomic mass is 79.9. The fraction of sp³-hybridized carbons (Fsp3) is 0.500. The minimum absolute atomic E-state index is 1.09. The zero-order chi connectivity index (χ0) is 8.04. The second-order valence-electron chi connectivity index (χ2n) is 2.71. The van der Waals surface area contributed by atoms with Gasteiger partial charge in [0.25, 0.3) is 0 Å². The first kappa shape index (κ1) is 10.2. The summed E-state index contributed by atoms with van der Waals surface area (Å²) in [5, 5.41) is 1.09. The highest BCUT2D eigenvalue weighted by molar-refractivity contribution is 9.09. The molecule has 0 amide bonds. The smallest absolute Gasteiger partial charge is 0.0973 e. The van der Waals surface area contributed by atoms with Crippen LogP contribution in [0.15, 0.2) is 24.6 Å². The van der Waals surface area contributed by atoms with Crippen molar-refractivity contribution in [1.29, 1.82) is 0 Å². The zero-order valence-corrected chi connectivity index (χ0v) is 9.15. The minimum Gasteiger partial charge on any atom is -0.107 e. The molecule has 0 bridgehead atoms. The maximum absolute atomic E-state index is 3.83. The largest absolute Gasteiger partial charge is 0.107 e. The van der Waals surface area contributed by atoms with Gasteiger partial charge >= 0.3 is 0 Å². The van der Waals surface area contributed by atoms with Crippen molar-refractivity contribution >= 4 is 24.0 Å². The molecule has 0 radical (unpaired) electrons. The van der Waals surface area contributed by atoms with Crippen LogP contribution in [0, 0.1) is 0 Å². The Hall–Kier alpha value is 0.177. The summed E-state index contributed by atoms with van der Waals surface area (Å²) in [7, 11) is -1.22. The van der Waals surface area contributed by atoms with Crippen molar-refractivity contribution in [3.05, 3.63) is 24.6 Å². The Kier molecular flexibility index (Phi) is 5.00. The summed E-state index contributed by atoms with van der Waals surface area (Å²) in [6, 6.07) is 1.27. The van der Waals surface area contributed by atoms with E-state index in [0.29, 0.717) is 0 Å². The van der Waals surface area contributed by atoms with E-state index < -0.39 is 8.07 Å². The second kappa shape index (κ2) is 4.91. The molecule has 2 heteroatoms. The van der Waals surface area contributed by atoms with E-state index in [4.69, 9.17) is 0 Å². The van der Waals surface area contributed by atoms with Crippen LogP contribution < -0.4 is 0 Å². The summed E-state index contributed by atoms with van der Waals surface area (Å²) < 4.78 is 0. The summed E-state index contributed by atoms with van der Waals surface area (Å²) in [5.41, 5.74) is 4.20. The lowest BCUT2D eigenvalue weighted by Crippen LogP contribution is -2.23. The van der Waals surface area contributed by atoms with Crippen LogP contribution in [0.25, 0.3) is 0 Å². The Morgan fingerprint density at radius 3 is 2.20 bits per heavy atom. The van der Waals surface area contributed by atoms with Gasteiger partial charge in [-0.2, -0.15) is 0 Å². The Bertz CT molecular complexity index is 112. The second-order valence-corrected chi connectivity index (χ2v) is 7.83. The number of alkyl halides is 1. The van der Waals surface area contributed by atoms with Crippen LogP contribution in [0.2, 0.25) is 12.6 Å². The normalized spacial score (nSPS) is 11.0. The van der Waals surface area contributed by atoms with E-state index in [-0.39, 0.29) is 0 Å². The van der Waals surface area contributed by atoms with Gasteiger partial charge in [0.05, 0.1) is 8.07 Å². The fourth-order valence-corrected chi connectivity index (χ4v) is 3.05. The van der Waals surface area contributed by atoms with Crippen molar-refractivity contribution in [2.24, 2.45) is 0 Å². The maximum atomic E-state index is 3.83. The van der Waals surface area contributed by atoms with Crippen molar-refractivity contribution < 1.29 is 0 Å². The molecule has 0 nitrogen and oxygen atoms in total. The first-order chi connectivity index (χ1) is 4.68. The van der Waals surface area contributed by atoms with Gasteiger partial charge < -0.3 is 0 Å². The highest BCUT2D eigenvalue weighted by Gasteiger charge is 2.16. The van der Waals surface area contributed by atoms with Gasteiger partial charge in [0.2, 0.25) is 0 Å². The molecule has 0 rings (SSSR count). The summed E-state index contributed by atoms with van der Waals surface area (Å²) in [6.07, 6.45) is 1.24. The molecule has 0 saturated carbocycles. The van der Waals surface area contributed by atoms with E-state index in [0.717, 1.165) is 5.33 Å². The van der Waals surface area contributed by atoms with Gasteiger partial charge in [-0.05, 0) is 12.5 Å². The summed E-state index contributed by atoms with van der Waals surface area (Å²) >= 11 is 3.41. The van der Waals surface area contributed by atoms with Crippen LogP contribution in [-0.2, 0) is 0 Å². The van der Waals surface area contributed by atoms with Gasteiger partial charge in [0.1, 0.15) is 0 Å². The van der Waals surface area contributed by atoms with Crippen molar-refractivity contribution in [1.82, 2.24) is 0 Å². The molecular weight excluding hydrogens is 204 g/mol. The standard InChI is InChI=1S/C8H15BrSi/c1-4-10(3,5-2)8-6-7-9/h4-5H,1-2,6-8H2,3H3. The molecule has 0 spiro atoms. The summed E-state index contributed by atoms with van der Waals surface area (Å²) in [6.45, 7) is 9.95. The van der Waals surface area contributed by atoms with E-state index in [1.807, 2.05) is 0 Å². The van der Waals surface area contributed by atoms with Crippen LogP contribution in [-0.4, -0.2) is 13.4 Å². The Morgan fingerprint density at radius 1 is 1.40 bits per heavy atom. The Balaban J connectivity index is 3.80. The lowest BCUT2D eigenvalue weighted by atomic mass is 10.6. The van der Waals surface area contributed by atoms with Gasteiger partial charge in [0.15, 0.2) is 0 Å². The van der Waals surface area contributed by atoms with Crippen molar-refractivity contribution in [2.45, 2.75) is 19.0 Å². The fourth-order valence-electron chi connectivity index (χ4n) is 0.735. The first-order valence-corrected chi connectivity index (χ1v) is 7.50. The summed E-state index contributed by atoms with van der Waals surface area (Å²) in [4.78, 5) is 0. The monoisotopic (exact) mass is 218 g/mol. The van der Waals surface area contributed by atoms with E-state index >= 15 is 0 Å². The summed E-state index contributed by atoms with van der Waals surface area (Å²) in [5.74, 6) is 0. The molecule has 0 aromatic heterocycles. The van der Waals surface area contributed by atoms with Crippen LogP contribution in [0.3, 0.4) is 0 Å². The third kappa shape index (κ3) is 3.37. The number of hydrogen-bond acceptors (Lipinski definition) is 0. The van der Waals surface area contributed by atoms with Crippen LogP contribution in [0.5, 0.6) is 0 Å². The average Bonchev–Trinajstić information content (AvgIpc) is 2.00. The third-order valence-corrected chi connectivity index (χ3v) is 5.64.